The molecular weight excluding hydrogens is 478 g/mol. The van der Waals surface area contributed by atoms with Gasteiger partial charge in [0.2, 0.25) is 5.69 Å². The maximum Gasteiger partial charge on any atom is 0.408 e. The summed E-state index contributed by atoms with van der Waals surface area (Å²) >= 11 is 12.3. The van der Waals surface area contributed by atoms with Gasteiger partial charge in [-0.2, -0.15) is 23.1 Å². The van der Waals surface area contributed by atoms with Gasteiger partial charge in [-0.3, -0.25) is 19.1 Å². The highest BCUT2D eigenvalue weighted by molar-refractivity contribution is 6.37. The number of hydrogen-bond donors (Lipinski definition) is 1. The Labute approximate surface area is 185 Å². The largest absolute Gasteiger partial charge is 0.453 e. The van der Waals surface area contributed by atoms with Gasteiger partial charge in [0, 0.05) is 6.07 Å². The fourth-order valence-electron chi connectivity index (χ4n) is 2.54. The average molecular weight is 488 g/mol. The van der Waals surface area contributed by atoms with Gasteiger partial charge in [-0.05, 0) is 25.1 Å². The van der Waals surface area contributed by atoms with Gasteiger partial charge in [-0.15, -0.1) is 5.10 Å². The summed E-state index contributed by atoms with van der Waals surface area (Å²) < 4.78 is 45.6. The van der Waals surface area contributed by atoms with Crippen molar-refractivity contribution in [1.82, 2.24) is 19.3 Å². The number of rotatable bonds is 4. The van der Waals surface area contributed by atoms with Crippen molar-refractivity contribution >= 4 is 23.2 Å². The van der Waals surface area contributed by atoms with E-state index in [0.717, 1.165) is 25.3 Å². The number of aromatic amines is 1. The number of ether oxygens (including phenoxy) is 1. The van der Waals surface area contributed by atoms with Crippen molar-refractivity contribution in [1.29, 1.82) is 5.26 Å². The summed E-state index contributed by atoms with van der Waals surface area (Å²) in [6.07, 6.45) is -3.81. The maximum absolute atomic E-state index is 13.0. The Kier molecular flexibility index (Phi) is 6.16. The van der Waals surface area contributed by atoms with Crippen LogP contribution in [0.15, 0.2) is 44.8 Å². The second kappa shape index (κ2) is 8.52. The summed E-state index contributed by atoms with van der Waals surface area (Å²) in [5, 5.41) is 12.2. The van der Waals surface area contributed by atoms with Crippen molar-refractivity contribution in [3.8, 4) is 23.3 Å². The van der Waals surface area contributed by atoms with Gasteiger partial charge in [0.15, 0.2) is 5.75 Å². The molecule has 2 heterocycles. The molecule has 3 rings (SSSR count). The molecule has 1 atom stereocenters. The van der Waals surface area contributed by atoms with Gasteiger partial charge in [0.1, 0.15) is 17.9 Å². The van der Waals surface area contributed by atoms with Crippen molar-refractivity contribution in [3.05, 3.63) is 77.4 Å². The van der Waals surface area contributed by atoms with Crippen LogP contribution in [0.4, 0.5) is 13.2 Å². The summed E-state index contributed by atoms with van der Waals surface area (Å²) in [6, 6.07) is 3.78. The number of nitriles is 1. The Morgan fingerprint density at radius 3 is 2.38 bits per heavy atom. The van der Waals surface area contributed by atoms with Gasteiger partial charge >= 0.3 is 11.9 Å². The average Bonchev–Trinajstić information content (AvgIpc) is 2.70. The van der Waals surface area contributed by atoms with E-state index >= 15 is 0 Å². The Morgan fingerprint density at radius 2 is 1.81 bits per heavy atom. The molecule has 0 aliphatic carbocycles. The Hall–Kier alpha value is -3.56. The zero-order valence-corrected chi connectivity index (χ0v) is 17.3. The van der Waals surface area contributed by atoms with Gasteiger partial charge in [-0.1, -0.05) is 23.2 Å². The first-order chi connectivity index (χ1) is 14.9. The summed E-state index contributed by atoms with van der Waals surface area (Å²) in [6.45, 7) is 0.810. The lowest BCUT2D eigenvalue weighted by Gasteiger charge is -2.19. The highest BCUT2D eigenvalue weighted by Crippen LogP contribution is 2.38. The minimum absolute atomic E-state index is 0.0271. The third kappa shape index (κ3) is 4.53. The lowest BCUT2D eigenvalue weighted by Crippen LogP contribution is -2.33. The van der Waals surface area contributed by atoms with Crippen LogP contribution in [0.1, 0.15) is 18.7 Å². The minimum Gasteiger partial charge on any atom is -0.453 e. The second-order valence-corrected chi connectivity index (χ2v) is 7.11. The lowest BCUT2D eigenvalue weighted by atomic mass is 10.3. The molecule has 2 aromatic heterocycles. The first-order valence-electron chi connectivity index (χ1n) is 8.52. The van der Waals surface area contributed by atoms with E-state index in [-0.39, 0.29) is 27.2 Å². The number of nitrogens with one attached hydrogen (secondary N) is 1. The summed E-state index contributed by atoms with van der Waals surface area (Å²) in [5.74, 6) is -0.344. The van der Waals surface area contributed by atoms with Crippen molar-refractivity contribution < 1.29 is 17.9 Å². The van der Waals surface area contributed by atoms with E-state index in [2.05, 4.69) is 5.10 Å². The topological polar surface area (TPSA) is 123 Å². The third-order valence-electron chi connectivity index (χ3n) is 4.18. The van der Waals surface area contributed by atoms with Gasteiger partial charge in [0.25, 0.3) is 11.1 Å². The maximum atomic E-state index is 13.0. The molecule has 14 heteroatoms. The van der Waals surface area contributed by atoms with E-state index in [9.17, 15) is 27.6 Å². The fraction of sp³-hybridized carbons (Fsp3) is 0.167. The van der Waals surface area contributed by atoms with Gasteiger partial charge in [0.05, 0.1) is 21.9 Å². The lowest BCUT2D eigenvalue weighted by molar-refractivity contribution is -0.163. The molecule has 0 aliphatic rings. The molecule has 0 amide bonds. The highest BCUT2D eigenvalue weighted by Gasteiger charge is 2.38. The van der Waals surface area contributed by atoms with E-state index in [1.165, 1.54) is 18.2 Å². The quantitative estimate of drug-likeness (QED) is 0.602. The molecular formula is C18H10Cl2F3N5O4. The first-order valence-corrected chi connectivity index (χ1v) is 9.28. The Morgan fingerprint density at radius 1 is 1.19 bits per heavy atom. The molecule has 0 aliphatic heterocycles. The van der Waals surface area contributed by atoms with E-state index in [0.29, 0.717) is 9.25 Å². The van der Waals surface area contributed by atoms with Crippen LogP contribution in [-0.2, 0) is 0 Å². The first kappa shape index (κ1) is 23.1. The van der Waals surface area contributed by atoms with Crippen LogP contribution in [0, 0.1) is 11.3 Å². The van der Waals surface area contributed by atoms with E-state index in [4.69, 9.17) is 33.2 Å². The molecule has 0 spiro atoms. The molecule has 1 N–H and O–H groups in total. The summed E-state index contributed by atoms with van der Waals surface area (Å²) in [7, 11) is 0. The number of alkyl halides is 3. The molecule has 1 aromatic carbocycles. The van der Waals surface area contributed by atoms with Gasteiger partial charge in [-0.25, -0.2) is 4.79 Å². The van der Waals surface area contributed by atoms with Crippen LogP contribution in [-0.4, -0.2) is 25.5 Å². The fourth-order valence-corrected chi connectivity index (χ4v) is 3.09. The molecule has 3 aromatic rings. The van der Waals surface area contributed by atoms with E-state index in [1.807, 2.05) is 4.98 Å². The number of hydrogen-bond acceptors (Lipinski definition) is 6. The number of nitrogens with zero attached hydrogens (tertiary/aromatic N) is 4. The van der Waals surface area contributed by atoms with Crippen LogP contribution in [0.25, 0.3) is 5.69 Å². The summed E-state index contributed by atoms with van der Waals surface area (Å²) in [4.78, 5) is 37.2. The van der Waals surface area contributed by atoms with Crippen molar-refractivity contribution in [2.45, 2.75) is 19.1 Å². The van der Waals surface area contributed by atoms with Crippen LogP contribution < -0.4 is 21.5 Å². The highest BCUT2D eigenvalue weighted by atomic mass is 35.5. The standard InChI is InChI=1S/C18H10Cl2F3N5O4/c1-8(18(21,22)23)27-7-10(2-3-14(27)29)32-15-11(19)4-9(5-12(15)20)28-17(31)25-16(30)13(6-24)26-28/h2-5,7-8H,1H3,(H,25,30,31). The van der Waals surface area contributed by atoms with Crippen LogP contribution in [0.3, 0.4) is 0 Å². The molecule has 0 fully saturated rings. The SMILES string of the molecule is CC(n1cc(Oc2c(Cl)cc(-n3nc(C#N)c(=O)[nH]c3=O)cc2Cl)ccc1=O)C(F)(F)F. The van der Waals surface area contributed by atoms with Gasteiger partial charge < -0.3 is 4.74 Å². The van der Waals surface area contributed by atoms with Crippen molar-refractivity contribution in [2.75, 3.05) is 0 Å². The number of H-pyrrole nitrogens is 1. The predicted octanol–water partition coefficient (Wildman–Crippen LogP) is 3.18. The number of aromatic nitrogens is 4. The molecule has 0 saturated carbocycles. The van der Waals surface area contributed by atoms with Crippen molar-refractivity contribution in [3.63, 3.8) is 0 Å². The van der Waals surface area contributed by atoms with Crippen LogP contribution >= 0.6 is 23.2 Å². The van der Waals surface area contributed by atoms with E-state index in [1.54, 1.807) is 0 Å². The molecule has 166 valence electrons. The Balaban J connectivity index is 2.03. The molecule has 0 bridgehead atoms. The van der Waals surface area contributed by atoms with Crippen LogP contribution in [0.2, 0.25) is 10.0 Å². The number of pyridine rings is 1. The summed E-state index contributed by atoms with van der Waals surface area (Å²) in [5.41, 5.74) is -3.46. The Bertz CT molecular complexity index is 1400. The number of halogens is 5. The van der Waals surface area contributed by atoms with Crippen LogP contribution in [0.5, 0.6) is 11.5 Å². The molecule has 32 heavy (non-hydrogen) atoms. The van der Waals surface area contributed by atoms with Crippen molar-refractivity contribution in [2.24, 2.45) is 0 Å². The molecule has 9 nitrogen and oxygen atoms in total. The minimum atomic E-state index is -4.67. The third-order valence-corrected chi connectivity index (χ3v) is 4.74. The molecule has 1 unspecified atom stereocenters. The predicted molar refractivity (Wildman–Crippen MR) is 107 cm³/mol. The van der Waals surface area contributed by atoms with E-state index < -0.39 is 34.7 Å². The zero-order valence-electron chi connectivity index (χ0n) is 15.8. The zero-order chi connectivity index (χ0) is 23.8. The smallest absolute Gasteiger partial charge is 0.408 e. The monoisotopic (exact) mass is 487 g/mol. The normalized spacial score (nSPS) is 12.3. The number of benzene rings is 1. The molecule has 0 saturated heterocycles. The molecule has 0 radical (unpaired) electrons. The second-order valence-electron chi connectivity index (χ2n) is 6.30.